The monoisotopic (exact) mass is 375 g/mol. The number of hydrogen-bond acceptors (Lipinski definition) is 5. The van der Waals surface area contributed by atoms with Crippen LogP contribution in [0, 0.1) is 5.92 Å². The number of nitrogens with zero attached hydrogens (tertiary/aromatic N) is 4. The molecule has 1 saturated heterocycles. The minimum atomic E-state index is 0.0846. The van der Waals surface area contributed by atoms with Gasteiger partial charge in [-0.3, -0.25) is 14.3 Å². The molecule has 1 fully saturated rings. The Hall–Kier alpha value is -2.22. The summed E-state index contributed by atoms with van der Waals surface area (Å²) in [5, 5.41) is 9.05. The second kappa shape index (κ2) is 9.47. The van der Waals surface area contributed by atoms with Crippen molar-refractivity contribution in [3.8, 4) is 0 Å². The quantitative estimate of drug-likeness (QED) is 0.762. The van der Waals surface area contributed by atoms with E-state index in [1.54, 1.807) is 22.3 Å². The standard InChI is InChI=1S/C18H25N5O2S/c24-17(4-1-7-23-14-19-13-21-23)20-12-15-5-8-22(9-6-15)18(25)11-16-3-2-10-26-16/h2-3,10,13-15H,1,4-9,11-12H2,(H,20,24). The SMILES string of the molecule is O=C(CCCn1cncn1)NCC1CCN(C(=O)Cc2cccs2)CC1. The van der Waals surface area contributed by atoms with Crippen molar-refractivity contribution in [2.75, 3.05) is 19.6 Å². The zero-order valence-electron chi connectivity index (χ0n) is 14.8. The molecule has 2 amide bonds. The molecule has 1 aliphatic heterocycles. The third-order valence-corrected chi connectivity index (χ3v) is 5.59. The summed E-state index contributed by atoms with van der Waals surface area (Å²) in [4.78, 5) is 31.2. The molecule has 0 unspecified atom stereocenters. The number of amides is 2. The first-order valence-corrected chi connectivity index (χ1v) is 9.98. The summed E-state index contributed by atoms with van der Waals surface area (Å²) in [6.45, 7) is 2.99. The van der Waals surface area contributed by atoms with E-state index in [0.29, 0.717) is 31.8 Å². The summed E-state index contributed by atoms with van der Waals surface area (Å²) in [7, 11) is 0. The molecule has 3 heterocycles. The molecule has 0 aromatic carbocycles. The van der Waals surface area contributed by atoms with Gasteiger partial charge in [0.05, 0.1) is 6.42 Å². The summed E-state index contributed by atoms with van der Waals surface area (Å²) >= 11 is 1.63. The lowest BCUT2D eigenvalue weighted by Crippen LogP contribution is -2.42. The summed E-state index contributed by atoms with van der Waals surface area (Å²) in [6.07, 6.45) is 6.82. The molecule has 0 radical (unpaired) electrons. The van der Waals surface area contributed by atoms with Gasteiger partial charge in [-0.05, 0) is 36.6 Å². The Morgan fingerprint density at radius 3 is 2.85 bits per heavy atom. The van der Waals surface area contributed by atoms with Crippen LogP contribution in [0.3, 0.4) is 0 Å². The molecule has 0 saturated carbocycles. The molecule has 2 aromatic heterocycles. The Morgan fingerprint density at radius 2 is 2.15 bits per heavy atom. The van der Waals surface area contributed by atoms with Crippen molar-refractivity contribution in [1.82, 2.24) is 25.0 Å². The van der Waals surface area contributed by atoms with Crippen molar-refractivity contribution >= 4 is 23.2 Å². The van der Waals surface area contributed by atoms with Gasteiger partial charge < -0.3 is 10.2 Å². The number of rotatable bonds is 8. The summed E-state index contributed by atoms with van der Waals surface area (Å²) < 4.78 is 1.73. The fourth-order valence-electron chi connectivity index (χ4n) is 3.16. The molecule has 0 bridgehead atoms. The molecule has 140 valence electrons. The zero-order chi connectivity index (χ0) is 18.2. The molecule has 0 spiro atoms. The Bertz CT molecular complexity index is 679. The molecular formula is C18H25N5O2S. The van der Waals surface area contributed by atoms with Crippen LogP contribution >= 0.6 is 11.3 Å². The third-order valence-electron chi connectivity index (χ3n) is 4.72. The average Bonchev–Trinajstić information content (AvgIpc) is 3.34. The minimum absolute atomic E-state index is 0.0846. The number of thiophene rings is 1. The van der Waals surface area contributed by atoms with Gasteiger partial charge in [0.2, 0.25) is 11.8 Å². The van der Waals surface area contributed by atoms with E-state index in [0.717, 1.165) is 37.2 Å². The summed E-state index contributed by atoms with van der Waals surface area (Å²) in [5.74, 6) is 0.754. The highest BCUT2D eigenvalue weighted by atomic mass is 32.1. The first kappa shape index (κ1) is 18.6. The van der Waals surface area contributed by atoms with Crippen LogP contribution in [-0.2, 0) is 22.6 Å². The molecular weight excluding hydrogens is 350 g/mol. The molecule has 2 aromatic rings. The number of carbonyl (C=O) groups is 2. The molecule has 26 heavy (non-hydrogen) atoms. The zero-order valence-corrected chi connectivity index (χ0v) is 15.7. The molecule has 0 aliphatic carbocycles. The number of likely N-dealkylation sites (tertiary alicyclic amines) is 1. The highest BCUT2D eigenvalue weighted by molar-refractivity contribution is 7.10. The van der Waals surface area contributed by atoms with Crippen LogP contribution in [0.5, 0.6) is 0 Å². The van der Waals surface area contributed by atoms with Gasteiger partial charge in [0.1, 0.15) is 12.7 Å². The maximum Gasteiger partial charge on any atom is 0.227 e. The van der Waals surface area contributed by atoms with Crippen LogP contribution in [0.1, 0.15) is 30.6 Å². The molecule has 3 rings (SSSR count). The molecule has 1 N–H and O–H groups in total. The van der Waals surface area contributed by atoms with Crippen LogP contribution in [-0.4, -0.2) is 51.1 Å². The van der Waals surface area contributed by atoms with E-state index in [1.165, 1.54) is 6.33 Å². The van der Waals surface area contributed by atoms with Crippen molar-refractivity contribution in [2.24, 2.45) is 5.92 Å². The van der Waals surface area contributed by atoms with Gasteiger partial charge in [-0.2, -0.15) is 5.10 Å². The van der Waals surface area contributed by atoms with Crippen molar-refractivity contribution in [2.45, 2.75) is 38.6 Å². The maximum absolute atomic E-state index is 12.3. The summed E-state index contributed by atoms with van der Waals surface area (Å²) in [5.41, 5.74) is 0. The van der Waals surface area contributed by atoms with Crippen molar-refractivity contribution < 1.29 is 9.59 Å². The Labute approximate surface area is 157 Å². The lowest BCUT2D eigenvalue weighted by Gasteiger charge is -2.32. The van der Waals surface area contributed by atoms with Gasteiger partial charge >= 0.3 is 0 Å². The Balaban J connectivity index is 1.28. The smallest absolute Gasteiger partial charge is 0.227 e. The number of hydrogen-bond donors (Lipinski definition) is 1. The van der Waals surface area contributed by atoms with Crippen LogP contribution in [0.15, 0.2) is 30.2 Å². The van der Waals surface area contributed by atoms with E-state index in [-0.39, 0.29) is 11.8 Å². The lowest BCUT2D eigenvalue weighted by atomic mass is 9.96. The van der Waals surface area contributed by atoms with Gasteiger partial charge in [-0.25, -0.2) is 4.98 Å². The second-order valence-corrected chi connectivity index (χ2v) is 7.68. The van der Waals surface area contributed by atoms with Gasteiger partial charge in [0.15, 0.2) is 0 Å². The largest absolute Gasteiger partial charge is 0.356 e. The van der Waals surface area contributed by atoms with Crippen LogP contribution in [0.4, 0.5) is 0 Å². The van der Waals surface area contributed by atoms with Gasteiger partial charge in [0, 0.05) is 37.5 Å². The normalized spacial score (nSPS) is 15.2. The van der Waals surface area contributed by atoms with Gasteiger partial charge in [-0.15, -0.1) is 11.3 Å². The third kappa shape index (κ3) is 5.66. The fourth-order valence-corrected chi connectivity index (χ4v) is 3.85. The number of aryl methyl sites for hydroxylation is 1. The second-order valence-electron chi connectivity index (χ2n) is 6.65. The molecule has 1 aliphatic rings. The first-order chi connectivity index (χ1) is 12.7. The maximum atomic E-state index is 12.3. The van der Waals surface area contributed by atoms with Crippen molar-refractivity contribution in [3.05, 3.63) is 35.0 Å². The van der Waals surface area contributed by atoms with Crippen LogP contribution in [0.2, 0.25) is 0 Å². The highest BCUT2D eigenvalue weighted by Gasteiger charge is 2.23. The lowest BCUT2D eigenvalue weighted by molar-refractivity contribution is -0.132. The minimum Gasteiger partial charge on any atom is -0.356 e. The number of piperidine rings is 1. The first-order valence-electron chi connectivity index (χ1n) is 9.10. The van der Waals surface area contributed by atoms with Crippen molar-refractivity contribution in [1.29, 1.82) is 0 Å². The Morgan fingerprint density at radius 1 is 1.31 bits per heavy atom. The molecule has 7 nitrogen and oxygen atoms in total. The van der Waals surface area contributed by atoms with E-state index < -0.39 is 0 Å². The van der Waals surface area contributed by atoms with Gasteiger partial charge in [-0.1, -0.05) is 6.07 Å². The average molecular weight is 375 g/mol. The van der Waals surface area contributed by atoms with Crippen LogP contribution in [0.25, 0.3) is 0 Å². The van der Waals surface area contributed by atoms with E-state index in [2.05, 4.69) is 15.4 Å². The van der Waals surface area contributed by atoms with E-state index in [1.807, 2.05) is 22.4 Å². The van der Waals surface area contributed by atoms with Crippen LogP contribution < -0.4 is 5.32 Å². The van der Waals surface area contributed by atoms with E-state index >= 15 is 0 Å². The topological polar surface area (TPSA) is 80.1 Å². The predicted molar refractivity (Wildman–Crippen MR) is 99.6 cm³/mol. The molecule has 0 atom stereocenters. The van der Waals surface area contributed by atoms with Gasteiger partial charge in [0.25, 0.3) is 0 Å². The fraction of sp³-hybridized carbons (Fsp3) is 0.556. The van der Waals surface area contributed by atoms with E-state index in [9.17, 15) is 9.59 Å². The Kier molecular flexibility index (Phi) is 6.76. The molecule has 8 heteroatoms. The number of aromatic nitrogens is 3. The predicted octanol–water partition coefficient (Wildman–Crippen LogP) is 1.72. The highest BCUT2D eigenvalue weighted by Crippen LogP contribution is 2.18. The number of nitrogens with one attached hydrogen (secondary N) is 1. The van der Waals surface area contributed by atoms with E-state index in [4.69, 9.17) is 0 Å². The van der Waals surface area contributed by atoms with Crippen molar-refractivity contribution in [3.63, 3.8) is 0 Å². The summed E-state index contributed by atoms with van der Waals surface area (Å²) in [6, 6.07) is 3.99. The number of carbonyl (C=O) groups excluding carboxylic acids is 2.